The molecule has 0 saturated heterocycles. The van der Waals surface area contributed by atoms with Gasteiger partial charge in [-0.05, 0) is 19.8 Å². The number of esters is 2. The van der Waals surface area contributed by atoms with E-state index in [4.69, 9.17) is 9.47 Å². The summed E-state index contributed by atoms with van der Waals surface area (Å²) in [6, 6.07) is 0. The monoisotopic (exact) mass is 252 g/mol. The third-order valence-corrected chi connectivity index (χ3v) is 2.74. The van der Waals surface area contributed by atoms with Gasteiger partial charge in [0.15, 0.2) is 5.41 Å². The molecule has 0 aliphatic carbocycles. The largest absolute Gasteiger partial charge is 0.468 e. The number of ether oxygens (including phenoxy) is 2. The summed E-state index contributed by atoms with van der Waals surface area (Å²) in [6.07, 6.45) is 5.26. The molecule has 0 heterocycles. The first-order valence-electron chi connectivity index (χ1n) is 5.55. The predicted molar refractivity (Wildman–Crippen MR) is 69.9 cm³/mol. The summed E-state index contributed by atoms with van der Waals surface area (Å²) >= 11 is 0. The molecule has 0 N–H and O–H groups in total. The van der Waals surface area contributed by atoms with E-state index >= 15 is 0 Å². The first-order chi connectivity index (χ1) is 8.48. The second-order valence-corrected chi connectivity index (χ2v) is 3.91. The van der Waals surface area contributed by atoms with E-state index in [1.54, 1.807) is 12.2 Å². The minimum absolute atomic E-state index is 0.160. The van der Waals surface area contributed by atoms with Crippen molar-refractivity contribution in [3.8, 4) is 0 Å². The van der Waals surface area contributed by atoms with Gasteiger partial charge in [-0.15, -0.1) is 6.58 Å². The van der Waals surface area contributed by atoms with Gasteiger partial charge in [0.25, 0.3) is 0 Å². The smallest absolute Gasteiger partial charge is 0.323 e. The van der Waals surface area contributed by atoms with Gasteiger partial charge in [-0.25, -0.2) is 0 Å². The topological polar surface area (TPSA) is 52.6 Å². The van der Waals surface area contributed by atoms with Crippen LogP contribution < -0.4 is 0 Å². The Balaban J connectivity index is 5.45. The van der Waals surface area contributed by atoms with Crippen LogP contribution in [0.5, 0.6) is 0 Å². The predicted octanol–water partition coefficient (Wildman–Crippen LogP) is 2.42. The van der Waals surface area contributed by atoms with Crippen molar-refractivity contribution < 1.29 is 19.1 Å². The molecule has 0 saturated carbocycles. The quantitative estimate of drug-likeness (QED) is 0.302. The Morgan fingerprint density at radius 3 is 1.94 bits per heavy atom. The molecule has 0 aromatic heterocycles. The number of carbonyl (C=O) groups is 2. The molecular weight excluding hydrogens is 232 g/mol. The van der Waals surface area contributed by atoms with E-state index in [1.807, 2.05) is 6.92 Å². The van der Waals surface area contributed by atoms with Crippen LogP contribution in [-0.2, 0) is 19.1 Å². The maximum atomic E-state index is 11.9. The Kier molecular flexibility index (Phi) is 6.71. The summed E-state index contributed by atoms with van der Waals surface area (Å²) in [4.78, 5) is 23.8. The minimum atomic E-state index is -1.37. The number of methoxy groups -OCH3 is 2. The van der Waals surface area contributed by atoms with Crippen LogP contribution >= 0.6 is 0 Å². The molecule has 0 atom stereocenters. The van der Waals surface area contributed by atoms with Crippen molar-refractivity contribution in [1.29, 1.82) is 0 Å². The molecule has 4 nitrogen and oxygen atoms in total. The van der Waals surface area contributed by atoms with Crippen molar-refractivity contribution >= 4 is 11.9 Å². The van der Waals surface area contributed by atoms with Gasteiger partial charge in [0.1, 0.15) is 0 Å². The van der Waals surface area contributed by atoms with Crippen LogP contribution in [0.3, 0.4) is 0 Å². The summed E-state index contributed by atoms with van der Waals surface area (Å²) in [5.41, 5.74) is -0.494. The second-order valence-electron chi connectivity index (χ2n) is 3.91. The Labute approximate surface area is 108 Å². The maximum Gasteiger partial charge on any atom is 0.323 e. The summed E-state index contributed by atoms with van der Waals surface area (Å²) in [5.74, 6) is -1.25. The van der Waals surface area contributed by atoms with Gasteiger partial charge in [-0.1, -0.05) is 30.4 Å². The molecule has 0 bridgehead atoms. The lowest BCUT2D eigenvalue weighted by atomic mass is 9.80. The van der Waals surface area contributed by atoms with Crippen molar-refractivity contribution in [2.45, 2.75) is 19.8 Å². The molecule has 0 aliphatic rings. The van der Waals surface area contributed by atoms with Crippen LogP contribution in [0.4, 0.5) is 0 Å². The highest BCUT2D eigenvalue weighted by atomic mass is 16.5. The third kappa shape index (κ3) is 3.58. The fourth-order valence-electron chi connectivity index (χ4n) is 1.56. The van der Waals surface area contributed by atoms with Crippen molar-refractivity contribution in [1.82, 2.24) is 0 Å². The molecule has 0 aromatic rings. The van der Waals surface area contributed by atoms with Crippen LogP contribution in [-0.4, -0.2) is 26.2 Å². The van der Waals surface area contributed by atoms with Crippen molar-refractivity contribution in [3.63, 3.8) is 0 Å². The van der Waals surface area contributed by atoms with Crippen molar-refractivity contribution in [3.05, 3.63) is 37.0 Å². The van der Waals surface area contributed by atoms with Gasteiger partial charge in [-0.3, -0.25) is 9.59 Å². The number of allylic oxidation sites excluding steroid dienone is 4. The average molecular weight is 252 g/mol. The standard InChI is InChI=1S/C14H20O4/c1-6-9-14(12(15)17-4,13(16)18-5)10-8-11(3)7-2/h6-8H,1-2,9-10H2,3-5H3/b11-8+. The van der Waals surface area contributed by atoms with Gasteiger partial charge in [0.05, 0.1) is 14.2 Å². The zero-order chi connectivity index (χ0) is 14.2. The van der Waals surface area contributed by atoms with Crippen LogP contribution in [0.15, 0.2) is 37.0 Å². The molecular formula is C14H20O4. The van der Waals surface area contributed by atoms with Crippen LogP contribution in [0.25, 0.3) is 0 Å². The fraction of sp³-hybridized carbons (Fsp3) is 0.429. The lowest BCUT2D eigenvalue weighted by Crippen LogP contribution is -2.40. The lowest BCUT2D eigenvalue weighted by molar-refractivity contribution is -0.168. The second kappa shape index (κ2) is 7.48. The fourth-order valence-corrected chi connectivity index (χ4v) is 1.56. The Morgan fingerprint density at radius 2 is 1.61 bits per heavy atom. The first-order valence-corrected chi connectivity index (χ1v) is 5.55. The van der Waals surface area contributed by atoms with Crippen LogP contribution in [0.2, 0.25) is 0 Å². The van der Waals surface area contributed by atoms with Gasteiger partial charge in [-0.2, -0.15) is 0 Å². The Bertz CT molecular complexity index is 350. The molecule has 100 valence electrons. The molecule has 0 rings (SSSR count). The maximum absolute atomic E-state index is 11.9. The molecule has 4 heteroatoms. The summed E-state index contributed by atoms with van der Waals surface area (Å²) in [6.45, 7) is 9.02. The molecule has 18 heavy (non-hydrogen) atoms. The Hall–Kier alpha value is -1.84. The van der Waals surface area contributed by atoms with Crippen molar-refractivity contribution in [2.75, 3.05) is 14.2 Å². The van der Waals surface area contributed by atoms with Gasteiger partial charge in [0, 0.05) is 0 Å². The van der Waals surface area contributed by atoms with E-state index in [-0.39, 0.29) is 12.8 Å². The number of carbonyl (C=O) groups excluding carboxylic acids is 2. The first kappa shape index (κ1) is 16.2. The highest BCUT2D eigenvalue weighted by Crippen LogP contribution is 2.31. The lowest BCUT2D eigenvalue weighted by Gasteiger charge is -2.25. The molecule has 0 spiro atoms. The number of rotatable bonds is 7. The minimum Gasteiger partial charge on any atom is -0.468 e. The molecule has 0 aliphatic heterocycles. The molecule has 0 fully saturated rings. The third-order valence-electron chi connectivity index (χ3n) is 2.74. The average Bonchev–Trinajstić information content (AvgIpc) is 2.41. The van der Waals surface area contributed by atoms with Crippen LogP contribution in [0.1, 0.15) is 19.8 Å². The number of hydrogen-bond acceptors (Lipinski definition) is 4. The van der Waals surface area contributed by atoms with E-state index in [0.717, 1.165) is 5.57 Å². The molecule has 0 unspecified atom stereocenters. The summed E-state index contributed by atoms with van der Waals surface area (Å²) < 4.78 is 9.43. The molecule has 0 radical (unpaired) electrons. The molecule has 0 aromatic carbocycles. The van der Waals surface area contributed by atoms with Crippen molar-refractivity contribution in [2.24, 2.45) is 5.41 Å². The Morgan fingerprint density at radius 1 is 1.11 bits per heavy atom. The van der Waals surface area contributed by atoms with E-state index in [0.29, 0.717) is 0 Å². The SMILES string of the molecule is C=CCC(C/C=C(\C)C=C)(C(=O)OC)C(=O)OC. The van der Waals surface area contributed by atoms with Crippen LogP contribution in [0, 0.1) is 5.41 Å². The number of hydrogen-bond donors (Lipinski definition) is 0. The highest BCUT2D eigenvalue weighted by Gasteiger charge is 2.46. The van der Waals surface area contributed by atoms with E-state index in [1.165, 1.54) is 20.3 Å². The molecule has 0 amide bonds. The zero-order valence-corrected chi connectivity index (χ0v) is 11.2. The summed E-state index contributed by atoms with van der Waals surface area (Å²) in [5, 5.41) is 0. The normalized spacial score (nSPS) is 11.6. The van der Waals surface area contributed by atoms with E-state index in [2.05, 4.69) is 13.2 Å². The van der Waals surface area contributed by atoms with Gasteiger partial charge >= 0.3 is 11.9 Å². The highest BCUT2D eigenvalue weighted by molar-refractivity contribution is 6.00. The summed E-state index contributed by atoms with van der Waals surface area (Å²) in [7, 11) is 2.49. The van der Waals surface area contributed by atoms with Gasteiger partial charge < -0.3 is 9.47 Å². The van der Waals surface area contributed by atoms with Gasteiger partial charge in [0.2, 0.25) is 0 Å². The zero-order valence-electron chi connectivity index (χ0n) is 11.2. The van der Waals surface area contributed by atoms with E-state index < -0.39 is 17.4 Å². The van der Waals surface area contributed by atoms with E-state index in [9.17, 15) is 9.59 Å².